The summed E-state index contributed by atoms with van der Waals surface area (Å²) in [7, 11) is 0. The molecule has 0 radical (unpaired) electrons. The van der Waals surface area contributed by atoms with Crippen molar-refractivity contribution in [1.82, 2.24) is 4.57 Å². The van der Waals surface area contributed by atoms with Gasteiger partial charge in [-0.1, -0.05) is 18.2 Å². The van der Waals surface area contributed by atoms with Crippen molar-refractivity contribution >= 4 is 28.2 Å². The minimum Gasteiger partial charge on any atom is -0.505 e. The summed E-state index contributed by atoms with van der Waals surface area (Å²) in [5, 5.41) is 40.2. The number of nitrogens with zero attached hydrogens (tertiary/aromatic N) is 3. The molecule has 1 aromatic heterocycles. The Balaban J connectivity index is 1.68. The van der Waals surface area contributed by atoms with Crippen LogP contribution in [0.3, 0.4) is 0 Å². The number of hydrogen-bond acceptors (Lipinski definition) is 5. The lowest BCUT2D eigenvalue weighted by Gasteiger charge is -2.11. The molecule has 7 nitrogen and oxygen atoms in total. The molecule has 3 N–H and O–H groups in total. The van der Waals surface area contributed by atoms with Gasteiger partial charge in [0, 0.05) is 16.6 Å². The molecule has 0 saturated carbocycles. The fourth-order valence-corrected chi connectivity index (χ4v) is 4.64. The number of azo groups is 1. The van der Waals surface area contributed by atoms with E-state index < -0.39 is 23.6 Å². The highest BCUT2D eigenvalue weighted by molar-refractivity contribution is 5.97. The van der Waals surface area contributed by atoms with Crippen LogP contribution in [0.15, 0.2) is 83.0 Å². The maximum atomic E-state index is 13.6. The smallest absolute Gasteiger partial charge is 0.416 e. The van der Waals surface area contributed by atoms with E-state index in [0.29, 0.717) is 22.4 Å². The molecule has 0 fully saturated rings. The van der Waals surface area contributed by atoms with Crippen LogP contribution in [0.5, 0.6) is 11.6 Å². The fourth-order valence-electron chi connectivity index (χ4n) is 4.64. The Labute approximate surface area is 232 Å². The lowest BCUT2D eigenvalue weighted by Crippen LogP contribution is -2.05. The number of carboxylic acid groups (broad SMARTS) is 1. The Hall–Kier alpha value is -5.12. The van der Waals surface area contributed by atoms with Crippen LogP contribution < -0.4 is 0 Å². The van der Waals surface area contributed by atoms with Gasteiger partial charge in [-0.2, -0.15) is 13.2 Å². The maximum absolute atomic E-state index is 13.6. The zero-order valence-electron chi connectivity index (χ0n) is 22.2. The highest BCUT2D eigenvalue weighted by Crippen LogP contribution is 2.45. The molecule has 0 unspecified atom stereocenters. The molecule has 0 amide bonds. The summed E-state index contributed by atoms with van der Waals surface area (Å²) >= 11 is 0. The normalized spacial score (nSPS) is 12.0. The third kappa shape index (κ3) is 5.11. The Morgan fingerprint density at radius 1 is 0.854 bits per heavy atom. The van der Waals surface area contributed by atoms with Gasteiger partial charge in [0.1, 0.15) is 5.69 Å². The Morgan fingerprint density at radius 3 is 2.29 bits per heavy atom. The molecule has 4 aromatic carbocycles. The van der Waals surface area contributed by atoms with Crippen molar-refractivity contribution in [3.8, 4) is 28.4 Å². The van der Waals surface area contributed by atoms with Crippen LogP contribution in [0.1, 0.15) is 32.6 Å². The van der Waals surface area contributed by atoms with Gasteiger partial charge in [0.25, 0.3) is 0 Å². The number of halogens is 3. The number of phenolic OH excluding ortho intramolecular Hbond substituents is 1. The summed E-state index contributed by atoms with van der Waals surface area (Å²) < 4.78 is 42.1. The van der Waals surface area contributed by atoms with Crippen LogP contribution in [-0.4, -0.2) is 25.9 Å². The van der Waals surface area contributed by atoms with Crippen LogP contribution in [0.25, 0.3) is 27.7 Å². The highest BCUT2D eigenvalue weighted by Gasteiger charge is 2.32. The lowest BCUT2D eigenvalue weighted by atomic mass is 9.99. The van der Waals surface area contributed by atoms with E-state index >= 15 is 0 Å². The summed E-state index contributed by atoms with van der Waals surface area (Å²) in [6.45, 7) is 5.51. The summed E-state index contributed by atoms with van der Waals surface area (Å²) in [5.41, 5.74) is 2.91. The fraction of sp³-hybridized carbons (Fsp3) is 0.129. The monoisotopic (exact) mass is 559 g/mol. The second-order valence-corrected chi connectivity index (χ2v) is 9.77. The van der Waals surface area contributed by atoms with E-state index in [1.807, 2.05) is 13.8 Å². The van der Waals surface area contributed by atoms with Crippen LogP contribution in [0.4, 0.5) is 24.5 Å². The van der Waals surface area contributed by atoms with Crippen LogP contribution in [0, 0.1) is 20.8 Å². The van der Waals surface area contributed by atoms with Crippen molar-refractivity contribution in [2.75, 3.05) is 0 Å². The van der Waals surface area contributed by atoms with Gasteiger partial charge in [-0.3, -0.25) is 4.57 Å². The van der Waals surface area contributed by atoms with Crippen LogP contribution in [0.2, 0.25) is 0 Å². The number of fused-ring (bicyclic) bond motifs is 1. The second-order valence-electron chi connectivity index (χ2n) is 9.77. The van der Waals surface area contributed by atoms with E-state index in [-0.39, 0.29) is 33.6 Å². The molecule has 0 saturated heterocycles. The number of carbonyl (C=O) groups is 1. The summed E-state index contributed by atoms with van der Waals surface area (Å²) in [6, 6.07) is 17.6. The van der Waals surface area contributed by atoms with Gasteiger partial charge in [-0.25, -0.2) is 4.79 Å². The molecule has 0 bridgehead atoms. The molecule has 5 aromatic rings. The first-order valence-electron chi connectivity index (χ1n) is 12.5. The van der Waals surface area contributed by atoms with Crippen molar-refractivity contribution in [3.05, 3.63) is 101 Å². The van der Waals surface area contributed by atoms with E-state index in [4.69, 9.17) is 0 Å². The Bertz CT molecular complexity index is 1870. The number of phenols is 1. The molecule has 0 aliphatic heterocycles. The molecule has 10 heteroatoms. The zero-order chi connectivity index (χ0) is 29.6. The number of carboxylic acids is 1. The van der Waals surface area contributed by atoms with Crippen molar-refractivity contribution in [3.63, 3.8) is 0 Å². The molecule has 41 heavy (non-hydrogen) atoms. The molecule has 208 valence electrons. The molecule has 0 aliphatic carbocycles. The topological polar surface area (TPSA) is 107 Å². The average Bonchev–Trinajstić information content (AvgIpc) is 3.20. The van der Waals surface area contributed by atoms with Crippen LogP contribution >= 0.6 is 0 Å². The van der Waals surface area contributed by atoms with Gasteiger partial charge in [-0.05, 0) is 97.6 Å². The quantitative estimate of drug-likeness (QED) is 0.187. The molecular weight excluding hydrogens is 535 g/mol. The average molecular weight is 560 g/mol. The van der Waals surface area contributed by atoms with Gasteiger partial charge in [0.15, 0.2) is 11.4 Å². The minimum absolute atomic E-state index is 0.0270. The molecule has 0 atom stereocenters. The van der Waals surface area contributed by atoms with Crippen molar-refractivity contribution in [1.29, 1.82) is 0 Å². The van der Waals surface area contributed by atoms with Gasteiger partial charge >= 0.3 is 12.1 Å². The van der Waals surface area contributed by atoms with Gasteiger partial charge in [0.05, 0.1) is 16.6 Å². The first-order valence-corrected chi connectivity index (χ1v) is 12.5. The zero-order valence-corrected chi connectivity index (χ0v) is 22.2. The minimum atomic E-state index is -4.61. The molecule has 1 heterocycles. The highest BCUT2D eigenvalue weighted by atomic mass is 19.4. The van der Waals surface area contributed by atoms with E-state index in [1.54, 1.807) is 49.4 Å². The number of hydrogen-bond donors (Lipinski definition) is 3. The second kappa shape index (κ2) is 10.1. The number of aromatic hydroxyl groups is 2. The number of aromatic nitrogens is 1. The van der Waals surface area contributed by atoms with Gasteiger partial charge in [-0.15, -0.1) is 10.2 Å². The predicted molar refractivity (Wildman–Crippen MR) is 149 cm³/mol. The van der Waals surface area contributed by atoms with Crippen molar-refractivity contribution < 1.29 is 33.3 Å². The van der Waals surface area contributed by atoms with E-state index in [0.717, 1.165) is 23.3 Å². The molecule has 5 rings (SSSR count). The van der Waals surface area contributed by atoms with E-state index in [1.165, 1.54) is 22.8 Å². The van der Waals surface area contributed by atoms with E-state index in [9.17, 15) is 33.3 Å². The number of rotatable bonds is 5. The third-order valence-electron chi connectivity index (χ3n) is 6.91. The van der Waals surface area contributed by atoms with Crippen LogP contribution in [-0.2, 0) is 6.18 Å². The van der Waals surface area contributed by atoms with E-state index in [2.05, 4.69) is 10.2 Å². The van der Waals surface area contributed by atoms with Gasteiger partial charge in [0.2, 0.25) is 5.88 Å². The summed E-state index contributed by atoms with van der Waals surface area (Å²) in [6.07, 6.45) is -4.61. The SMILES string of the molecule is Cc1cc(N=Nc2c(O)n(-c3ccc(C)c(C)c3)c3cc(C(F)(F)F)ccc23)c(O)c(-c2cccc(C(=O)O)c2)c1. The lowest BCUT2D eigenvalue weighted by molar-refractivity contribution is -0.137. The maximum Gasteiger partial charge on any atom is 0.416 e. The molecular formula is C31H24F3N3O4. The first kappa shape index (κ1) is 27.4. The molecule has 0 spiro atoms. The Kier molecular flexibility index (Phi) is 6.78. The number of aryl methyl sites for hydroxylation is 3. The molecule has 0 aliphatic rings. The van der Waals surface area contributed by atoms with Gasteiger partial charge < -0.3 is 15.3 Å². The standard InChI is InChI=1S/C31H24F3N3O4/c1-16-11-24(19-5-4-6-20(14-19)30(40)41)28(38)25(12-16)35-36-27-23-10-8-21(31(32,33)34)15-26(23)37(29(27)39)22-9-7-17(2)18(3)13-22/h4-15,38-39H,1-3H3,(H,40,41). The number of aromatic carboxylic acids is 1. The number of benzene rings is 4. The third-order valence-corrected chi connectivity index (χ3v) is 6.91. The largest absolute Gasteiger partial charge is 0.505 e. The first-order chi connectivity index (χ1) is 19.3. The predicted octanol–water partition coefficient (Wildman–Crippen LogP) is 8.77. The summed E-state index contributed by atoms with van der Waals surface area (Å²) in [4.78, 5) is 11.4. The summed E-state index contributed by atoms with van der Waals surface area (Å²) in [5.74, 6) is -1.82. The Morgan fingerprint density at radius 2 is 1.61 bits per heavy atom. The number of alkyl halides is 3. The van der Waals surface area contributed by atoms with Crippen molar-refractivity contribution in [2.45, 2.75) is 26.9 Å². The van der Waals surface area contributed by atoms with Crippen molar-refractivity contribution in [2.24, 2.45) is 10.2 Å².